The Bertz CT molecular complexity index is 403. The van der Waals surface area contributed by atoms with E-state index in [9.17, 15) is 4.79 Å². The predicted octanol–water partition coefficient (Wildman–Crippen LogP) is 3.21. The number of hydrogen-bond donors (Lipinski definition) is 3. The van der Waals surface area contributed by atoms with Gasteiger partial charge in [0.2, 0.25) is 0 Å². The molecule has 0 aromatic heterocycles. The molecule has 4 N–H and O–H groups in total. The Balaban J connectivity index is 2.41. The monoisotopic (exact) mass is 250 g/mol. The molecule has 0 saturated heterocycles. The van der Waals surface area contributed by atoms with Crippen molar-refractivity contribution in [3.05, 3.63) is 23.8 Å². The lowest BCUT2D eigenvalue weighted by atomic mass is 10.1. The van der Waals surface area contributed by atoms with E-state index in [-0.39, 0.29) is 5.56 Å². The lowest BCUT2D eigenvalue weighted by molar-refractivity contribution is 0.0697. The van der Waals surface area contributed by atoms with Crippen LogP contribution in [0.3, 0.4) is 0 Å². The average Bonchev–Trinajstić information content (AvgIpc) is 2.29. The fourth-order valence-electron chi connectivity index (χ4n) is 1.76. The fraction of sp³-hybridized carbons (Fsp3) is 0.500. The molecule has 0 atom stereocenters. The summed E-state index contributed by atoms with van der Waals surface area (Å²) in [4.78, 5) is 10.8. The molecule has 4 nitrogen and oxygen atoms in total. The Morgan fingerprint density at radius 3 is 2.67 bits per heavy atom. The highest BCUT2D eigenvalue weighted by Crippen LogP contribution is 2.20. The summed E-state index contributed by atoms with van der Waals surface area (Å²) in [7, 11) is 0. The molecule has 18 heavy (non-hydrogen) atoms. The number of benzene rings is 1. The molecule has 0 unspecified atom stereocenters. The van der Waals surface area contributed by atoms with Gasteiger partial charge in [0.1, 0.15) is 0 Å². The van der Waals surface area contributed by atoms with Gasteiger partial charge in [0.15, 0.2) is 0 Å². The van der Waals surface area contributed by atoms with Gasteiger partial charge in [0, 0.05) is 6.54 Å². The summed E-state index contributed by atoms with van der Waals surface area (Å²) in [5.74, 6) is -0.213. The molecule has 0 fully saturated rings. The van der Waals surface area contributed by atoms with Crippen molar-refractivity contribution in [2.75, 3.05) is 17.6 Å². The lowest BCUT2D eigenvalue weighted by Gasteiger charge is -2.10. The molecule has 0 saturated carbocycles. The lowest BCUT2D eigenvalue weighted by Crippen LogP contribution is -2.06. The zero-order valence-electron chi connectivity index (χ0n) is 11.1. The highest BCUT2D eigenvalue weighted by molar-refractivity contribution is 5.90. The number of anilines is 2. The molecule has 0 heterocycles. The van der Waals surface area contributed by atoms with Crippen LogP contribution in [0.5, 0.6) is 0 Å². The average molecular weight is 250 g/mol. The Hall–Kier alpha value is -1.71. The van der Waals surface area contributed by atoms with Crippen molar-refractivity contribution in [2.24, 2.45) is 5.92 Å². The van der Waals surface area contributed by atoms with Gasteiger partial charge < -0.3 is 16.2 Å². The first-order valence-corrected chi connectivity index (χ1v) is 6.37. The molecule has 1 rings (SSSR count). The minimum absolute atomic E-state index is 0.220. The summed E-state index contributed by atoms with van der Waals surface area (Å²) in [6, 6.07) is 4.77. The van der Waals surface area contributed by atoms with Crippen LogP contribution in [0.2, 0.25) is 0 Å². The smallest absolute Gasteiger partial charge is 0.335 e. The van der Waals surface area contributed by atoms with Crippen LogP contribution < -0.4 is 11.1 Å². The zero-order valence-corrected chi connectivity index (χ0v) is 11.1. The number of carboxylic acids is 1. The maximum absolute atomic E-state index is 10.8. The second-order valence-electron chi connectivity index (χ2n) is 4.92. The maximum Gasteiger partial charge on any atom is 0.335 e. The SMILES string of the molecule is CC(C)CCCCNc1ccc(C(=O)O)cc1N. The summed E-state index contributed by atoms with van der Waals surface area (Å²) in [5.41, 5.74) is 7.31. The Kier molecular flexibility index (Phi) is 5.49. The molecule has 0 amide bonds. The number of unbranched alkanes of at least 4 members (excludes halogenated alkanes) is 1. The third-order valence-corrected chi connectivity index (χ3v) is 2.82. The van der Waals surface area contributed by atoms with Crippen LogP contribution in [0.1, 0.15) is 43.5 Å². The highest BCUT2D eigenvalue weighted by atomic mass is 16.4. The molecular formula is C14H22N2O2. The molecule has 0 aliphatic carbocycles. The predicted molar refractivity (Wildman–Crippen MR) is 75.0 cm³/mol. The third kappa shape index (κ3) is 4.65. The van der Waals surface area contributed by atoms with E-state index in [0.29, 0.717) is 5.69 Å². The molecule has 0 aliphatic heterocycles. The molecule has 1 aromatic rings. The van der Waals surface area contributed by atoms with Crippen molar-refractivity contribution >= 4 is 17.3 Å². The van der Waals surface area contributed by atoms with Gasteiger partial charge in [-0.05, 0) is 30.5 Å². The number of nitrogens with two attached hydrogens (primary N) is 1. The topological polar surface area (TPSA) is 75.3 Å². The molecule has 4 heteroatoms. The molecular weight excluding hydrogens is 228 g/mol. The quantitative estimate of drug-likeness (QED) is 0.513. The van der Waals surface area contributed by atoms with Crippen molar-refractivity contribution in [3.8, 4) is 0 Å². The number of aromatic carboxylic acids is 1. The minimum atomic E-state index is -0.954. The number of nitrogens with one attached hydrogen (secondary N) is 1. The number of hydrogen-bond acceptors (Lipinski definition) is 3. The van der Waals surface area contributed by atoms with E-state index in [1.165, 1.54) is 18.9 Å². The second-order valence-corrected chi connectivity index (χ2v) is 4.92. The molecule has 0 bridgehead atoms. The van der Waals surface area contributed by atoms with Crippen molar-refractivity contribution in [2.45, 2.75) is 33.1 Å². The summed E-state index contributed by atoms with van der Waals surface area (Å²) in [6.07, 6.45) is 3.52. The van der Waals surface area contributed by atoms with Crippen LogP contribution in [-0.2, 0) is 0 Å². The third-order valence-electron chi connectivity index (χ3n) is 2.82. The van der Waals surface area contributed by atoms with Crippen molar-refractivity contribution in [3.63, 3.8) is 0 Å². The standard InChI is InChI=1S/C14H22N2O2/c1-10(2)5-3-4-8-16-13-7-6-11(14(17)18)9-12(13)15/h6-7,9-10,16H,3-5,8,15H2,1-2H3,(H,17,18). The van der Waals surface area contributed by atoms with Crippen molar-refractivity contribution < 1.29 is 9.90 Å². The summed E-state index contributed by atoms with van der Waals surface area (Å²) in [5, 5.41) is 12.1. The van der Waals surface area contributed by atoms with Gasteiger partial charge in [0.25, 0.3) is 0 Å². The van der Waals surface area contributed by atoms with Crippen molar-refractivity contribution in [1.82, 2.24) is 0 Å². The fourth-order valence-corrected chi connectivity index (χ4v) is 1.76. The van der Waals surface area contributed by atoms with Gasteiger partial charge in [-0.3, -0.25) is 0 Å². The second kappa shape index (κ2) is 6.89. The van der Waals surface area contributed by atoms with Gasteiger partial charge in [-0.15, -0.1) is 0 Å². The molecule has 100 valence electrons. The van der Waals surface area contributed by atoms with E-state index in [1.54, 1.807) is 12.1 Å². The summed E-state index contributed by atoms with van der Waals surface area (Å²) in [6.45, 7) is 5.30. The van der Waals surface area contributed by atoms with Gasteiger partial charge in [-0.2, -0.15) is 0 Å². The molecule has 0 radical (unpaired) electrons. The van der Waals surface area contributed by atoms with Gasteiger partial charge in [0.05, 0.1) is 16.9 Å². The van der Waals surface area contributed by atoms with Crippen LogP contribution >= 0.6 is 0 Å². The Morgan fingerprint density at radius 1 is 1.39 bits per heavy atom. The number of carbonyl (C=O) groups is 1. The molecule has 0 aliphatic rings. The first kappa shape index (κ1) is 14.4. The van der Waals surface area contributed by atoms with E-state index >= 15 is 0 Å². The Morgan fingerprint density at radius 2 is 2.11 bits per heavy atom. The zero-order chi connectivity index (χ0) is 13.5. The summed E-state index contributed by atoms with van der Waals surface area (Å²) >= 11 is 0. The first-order chi connectivity index (χ1) is 8.50. The van der Waals surface area contributed by atoms with Gasteiger partial charge in [-0.1, -0.05) is 26.7 Å². The van der Waals surface area contributed by atoms with Crippen LogP contribution in [0.4, 0.5) is 11.4 Å². The normalized spacial score (nSPS) is 10.6. The minimum Gasteiger partial charge on any atom is -0.478 e. The van der Waals surface area contributed by atoms with Crippen LogP contribution in [0, 0.1) is 5.92 Å². The van der Waals surface area contributed by atoms with Crippen molar-refractivity contribution in [1.29, 1.82) is 0 Å². The van der Waals surface area contributed by atoms with E-state index < -0.39 is 5.97 Å². The van der Waals surface area contributed by atoms with Crippen LogP contribution in [0.25, 0.3) is 0 Å². The first-order valence-electron chi connectivity index (χ1n) is 6.37. The van der Waals surface area contributed by atoms with E-state index in [2.05, 4.69) is 19.2 Å². The van der Waals surface area contributed by atoms with Gasteiger partial charge >= 0.3 is 5.97 Å². The van der Waals surface area contributed by atoms with E-state index in [4.69, 9.17) is 10.8 Å². The largest absolute Gasteiger partial charge is 0.478 e. The number of nitrogen functional groups attached to an aromatic ring is 1. The number of rotatable bonds is 7. The van der Waals surface area contributed by atoms with Gasteiger partial charge in [-0.25, -0.2) is 4.79 Å². The van der Waals surface area contributed by atoms with Crippen LogP contribution in [-0.4, -0.2) is 17.6 Å². The number of carboxylic acid groups (broad SMARTS) is 1. The molecule has 0 spiro atoms. The van der Waals surface area contributed by atoms with E-state index in [0.717, 1.165) is 24.6 Å². The van der Waals surface area contributed by atoms with E-state index in [1.807, 2.05) is 0 Å². The summed E-state index contributed by atoms with van der Waals surface area (Å²) < 4.78 is 0. The van der Waals surface area contributed by atoms with Crippen LogP contribution in [0.15, 0.2) is 18.2 Å². The Labute approximate surface area is 108 Å². The molecule has 1 aromatic carbocycles. The highest BCUT2D eigenvalue weighted by Gasteiger charge is 2.05. The maximum atomic E-state index is 10.8.